The first-order valence-electron chi connectivity index (χ1n) is 10.4. The number of hydrogen-bond acceptors (Lipinski definition) is 4. The van der Waals surface area contributed by atoms with E-state index in [2.05, 4.69) is 10.4 Å². The molecule has 4 aromatic rings. The molecule has 0 aliphatic carbocycles. The lowest BCUT2D eigenvalue weighted by Gasteiger charge is -2.12. The van der Waals surface area contributed by atoms with Gasteiger partial charge in [0.2, 0.25) is 5.91 Å². The van der Waals surface area contributed by atoms with Gasteiger partial charge in [-0.3, -0.25) is 4.79 Å². The molecule has 10 heteroatoms. The molecule has 1 aromatic heterocycles. The molecule has 0 saturated carbocycles. The molecule has 6 nitrogen and oxygen atoms in total. The van der Waals surface area contributed by atoms with Gasteiger partial charge in [-0.2, -0.15) is 18.3 Å². The molecule has 0 radical (unpaired) electrons. The zero-order valence-electron chi connectivity index (χ0n) is 18.7. The van der Waals surface area contributed by atoms with Gasteiger partial charge in [0.05, 0.1) is 16.3 Å². The maximum Gasteiger partial charge on any atom is 0.435 e. The number of nitrogens with one attached hydrogen (secondary N) is 1. The van der Waals surface area contributed by atoms with Crippen molar-refractivity contribution in [2.75, 3.05) is 11.6 Å². The number of amides is 1. The number of alkyl halides is 3. The van der Waals surface area contributed by atoms with Crippen LogP contribution in [0.1, 0.15) is 12.6 Å². The van der Waals surface area contributed by atoms with Crippen LogP contribution in [-0.4, -0.2) is 30.4 Å². The quantitative estimate of drug-likeness (QED) is 0.388. The van der Waals surface area contributed by atoms with Crippen LogP contribution in [0.15, 0.2) is 83.8 Å². The van der Waals surface area contributed by atoms with Crippen molar-refractivity contribution >= 4 is 21.4 Å². The SMILES string of the molecule is CC(=O)Nc1ccc(-c2c(C(F)(F)F)nn(-c3ccccc3)c2-c2ccc(S(C)(=O)=O)cc2)cc1. The summed E-state index contributed by atoms with van der Waals surface area (Å²) in [4.78, 5) is 11.4. The van der Waals surface area contributed by atoms with Crippen molar-refractivity contribution in [1.82, 2.24) is 9.78 Å². The summed E-state index contributed by atoms with van der Waals surface area (Å²) in [6.45, 7) is 1.33. The fraction of sp³-hybridized carbons (Fsp3) is 0.120. The van der Waals surface area contributed by atoms with Crippen LogP contribution in [0, 0.1) is 0 Å². The molecule has 3 aromatic carbocycles. The van der Waals surface area contributed by atoms with Gasteiger partial charge in [-0.15, -0.1) is 0 Å². The molecule has 35 heavy (non-hydrogen) atoms. The average molecular weight is 500 g/mol. The van der Waals surface area contributed by atoms with Crippen LogP contribution in [0.5, 0.6) is 0 Å². The Bertz CT molecular complexity index is 1480. The minimum absolute atomic E-state index is 0.0456. The monoisotopic (exact) mass is 499 g/mol. The first kappa shape index (κ1) is 24.2. The van der Waals surface area contributed by atoms with Gasteiger partial charge in [0.1, 0.15) is 0 Å². The summed E-state index contributed by atoms with van der Waals surface area (Å²) >= 11 is 0. The standard InChI is InChI=1S/C25H20F3N3O3S/c1-16(32)29-19-12-8-17(9-13-19)22-23(18-10-14-21(15-11-18)35(2,33)34)31(20-6-4-3-5-7-20)30-24(22)25(26,27)28/h3-15H,1-2H3,(H,29,32). The summed E-state index contributed by atoms with van der Waals surface area (Å²) in [5.41, 5.74) is 0.320. The summed E-state index contributed by atoms with van der Waals surface area (Å²) in [6, 6.07) is 19.9. The molecule has 1 amide bonds. The van der Waals surface area contributed by atoms with E-state index in [0.29, 0.717) is 16.9 Å². The number of benzene rings is 3. The summed E-state index contributed by atoms with van der Waals surface area (Å²) < 4.78 is 67.7. The summed E-state index contributed by atoms with van der Waals surface area (Å²) in [5.74, 6) is -0.308. The third kappa shape index (κ3) is 5.12. The maximum absolute atomic E-state index is 14.2. The Kier molecular flexibility index (Phi) is 6.25. The van der Waals surface area contributed by atoms with Crippen LogP contribution in [-0.2, 0) is 20.8 Å². The Balaban J connectivity index is 2.01. The third-order valence-corrected chi connectivity index (χ3v) is 6.33. The topological polar surface area (TPSA) is 81.1 Å². The largest absolute Gasteiger partial charge is 0.435 e. The molecule has 0 saturated heterocycles. The number of anilines is 1. The Labute approximate surface area is 200 Å². The van der Waals surface area contributed by atoms with Crippen molar-refractivity contribution in [3.8, 4) is 28.1 Å². The number of hydrogen-bond donors (Lipinski definition) is 1. The molecule has 0 spiro atoms. The number of aromatic nitrogens is 2. The van der Waals surface area contributed by atoms with Crippen molar-refractivity contribution in [2.24, 2.45) is 0 Å². The highest BCUT2D eigenvalue weighted by atomic mass is 32.2. The molecule has 0 atom stereocenters. The van der Waals surface area contributed by atoms with Crippen LogP contribution >= 0.6 is 0 Å². The van der Waals surface area contributed by atoms with Crippen molar-refractivity contribution in [1.29, 1.82) is 0 Å². The first-order chi connectivity index (χ1) is 16.4. The molecule has 0 unspecified atom stereocenters. The number of halogens is 3. The van der Waals surface area contributed by atoms with Gasteiger partial charge in [0.15, 0.2) is 15.5 Å². The highest BCUT2D eigenvalue weighted by molar-refractivity contribution is 7.90. The normalized spacial score (nSPS) is 11.9. The number of rotatable bonds is 5. The van der Waals surface area contributed by atoms with Crippen molar-refractivity contribution in [3.63, 3.8) is 0 Å². The minimum atomic E-state index is -4.77. The second-order valence-corrected chi connectivity index (χ2v) is 9.89. The molecule has 180 valence electrons. The smallest absolute Gasteiger partial charge is 0.326 e. The lowest BCUT2D eigenvalue weighted by molar-refractivity contribution is -0.140. The lowest BCUT2D eigenvalue weighted by Crippen LogP contribution is -2.08. The molecule has 0 bridgehead atoms. The fourth-order valence-corrected chi connectivity index (χ4v) is 4.33. The molecule has 4 rings (SSSR count). The highest BCUT2D eigenvalue weighted by Crippen LogP contribution is 2.43. The lowest BCUT2D eigenvalue weighted by atomic mass is 9.98. The summed E-state index contributed by atoms with van der Waals surface area (Å²) in [7, 11) is -3.50. The predicted molar refractivity (Wildman–Crippen MR) is 127 cm³/mol. The van der Waals surface area contributed by atoms with Crippen LogP contribution in [0.25, 0.3) is 28.1 Å². The molecule has 1 heterocycles. The van der Waals surface area contributed by atoms with Crippen molar-refractivity contribution in [2.45, 2.75) is 18.0 Å². The molecular weight excluding hydrogens is 479 g/mol. The second-order valence-electron chi connectivity index (χ2n) is 7.87. The van der Waals surface area contributed by atoms with Gasteiger partial charge in [0, 0.05) is 30.0 Å². The van der Waals surface area contributed by atoms with E-state index in [4.69, 9.17) is 0 Å². The van der Waals surface area contributed by atoms with Crippen LogP contribution in [0.4, 0.5) is 18.9 Å². The summed E-state index contributed by atoms with van der Waals surface area (Å²) in [6.07, 6.45) is -3.72. The van der Waals surface area contributed by atoms with E-state index in [1.54, 1.807) is 30.3 Å². The zero-order chi connectivity index (χ0) is 25.4. The molecule has 0 aliphatic heterocycles. The van der Waals surface area contributed by atoms with E-state index in [0.717, 1.165) is 6.26 Å². The Hall–Kier alpha value is -3.92. The number of carbonyl (C=O) groups excluding carboxylic acids is 1. The van der Waals surface area contributed by atoms with Crippen molar-refractivity contribution < 1.29 is 26.4 Å². The highest BCUT2D eigenvalue weighted by Gasteiger charge is 2.40. The Morgan fingerprint density at radius 3 is 1.97 bits per heavy atom. The van der Waals surface area contributed by atoms with Crippen molar-refractivity contribution in [3.05, 3.63) is 84.6 Å². The van der Waals surface area contributed by atoms with Gasteiger partial charge >= 0.3 is 6.18 Å². The van der Waals surface area contributed by atoms with Gasteiger partial charge in [-0.1, -0.05) is 42.5 Å². The third-order valence-electron chi connectivity index (χ3n) is 5.20. The maximum atomic E-state index is 14.2. The van der Waals surface area contributed by atoms with Gasteiger partial charge in [-0.25, -0.2) is 13.1 Å². The summed E-state index contributed by atoms with van der Waals surface area (Å²) in [5, 5.41) is 6.54. The molecule has 1 N–H and O–H groups in total. The van der Waals surface area contributed by atoms with Crippen LogP contribution in [0.2, 0.25) is 0 Å². The Morgan fingerprint density at radius 2 is 1.46 bits per heavy atom. The van der Waals surface area contributed by atoms with E-state index in [-0.39, 0.29) is 27.6 Å². The fourth-order valence-electron chi connectivity index (χ4n) is 3.70. The van der Waals surface area contributed by atoms with E-state index >= 15 is 0 Å². The van der Waals surface area contributed by atoms with E-state index in [1.165, 1.54) is 60.1 Å². The van der Waals surface area contributed by atoms with Crippen LogP contribution in [0.3, 0.4) is 0 Å². The number of sulfone groups is 1. The second kappa shape index (κ2) is 9.03. The molecule has 0 fully saturated rings. The minimum Gasteiger partial charge on any atom is -0.326 e. The van der Waals surface area contributed by atoms with E-state index < -0.39 is 21.7 Å². The predicted octanol–water partition coefficient (Wildman–Crippen LogP) is 5.59. The van der Waals surface area contributed by atoms with Crippen LogP contribution < -0.4 is 5.32 Å². The van der Waals surface area contributed by atoms with Gasteiger partial charge in [0.25, 0.3) is 0 Å². The number of carbonyl (C=O) groups is 1. The first-order valence-corrected chi connectivity index (χ1v) is 12.3. The molecular formula is C25H20F3N3O3S. The van der Waals surface area contributed by atoms with E-state index in [1.807, 2.05) is 0 Å². The van der Waals surface area contributed by atoms with Gasteiger partial charge < -0.3 is 5.32 Å². The van der Waals surface area contributed by atoms with E-state index in [9.17, 15) is 26.4 Å². The molecule has 0 aliphatic rings. The van der Waals surface area contributed by atoms with Gasteiger partial charge in [-0.05, 0) is 42.0 Å². The number of nitrogens with zero attached hydrogens (tertiary/aromatic N) is 2. The number of para-hydroxylation sites is 1. The average Bonchev–Trinajstić information content (AvgIpc) is 3.21. The zero-order valence-corrected chi connectivity index (χ0v) is 19.5. The Morgan fingerprint density at radius 1 is 0.886 bits per heavy atom.